The van der Waals surface area contributed by atoms with Gasteiger partial charge in [0.15, 0.2) is 11.0 Å². The van der Waals surface area contributed by atoms with Crippen LogP contribution in [0.5, 0.6) is 0 Å². The smallest absolute Gasteiger partial charge is 0.323 e. The number of fused-ring (bicyclic) bond motifs is 2. The Morgan fingerprint density at radius 3 is 2.94 bits per heavy atom. The molecule has 1 aliphatic rings. The number of H-pyrrole nitrogens is 2. The molecule has 5 rings (SSSR count). The molecule has 0 fully saturated rings. The van der Waals surface area contributed by atoms with Gasteiger partial charge in [0, 0.05) is 17.6 Å². The molecule has 3 heterocycles. The highest BCUT2D eigenvalue weighted by Gasteiger charge is 2.24. The molecule has 3 aromatic heterocycles. The molecule has 4 aromatic rings. The Morgan fingerprint density at radius 2 is 2.12 bits per heavy atom. The van der Waals surface area contributed by atoms with Crippen LogP contribution in [0.2, 0.25) is 0 Å². The van der Waals surface area contributed by atoms with Crippen molar-refractivity contribution in [2.75, 3.05) is 5.32 Å². The number of nitrogens with one attached hydrogen (secondary N) is 3. The molecule has 0 saturated carbocycles. The Morgan fingerprint density at radius 1 is 1.30 bits per heavy atom. The number of imidazole rings is 1. The predicted molar refractivity (Wildman–Crippen MR) is 133 cm³/mol. The van der Waals surface area contributed by atoms with Gasteiger partial charge in [-0.3, -0.25) is 4.79 Å². The fourth-order valence-corrected chi connectivity index (χ4v) is 6.30. The van der Waals surface area contributed by atoms with E-state index in [0.717, 1.165) is 29.5 Å². The highest BCUT2D eigenvalue weighted by molar-refractivity contribution is 8.00. The van der Waals surface area contributed by atoms with Gasteiger partial charge in [-0.2, -0.15) is 0 Å². The molecule has 0 spiro atoms. The molecule has 33 heavy (non-hydrogen) atoms. The first-order valence-electron chi connectivity index (χ1n) is 11.1. The van der Waals surface area contributed by atoms with E-state index in [1.165, 1.54) is 35.0 Å². The molecular formula is C23H26N6O2S2. The summed E-state index contributed by atoms with van der Waals surface area (Å²) in [4.78, 5) is 32.2. The minimum atomic E-state index is -0.372. The molecular weight excluding hydrogens is 456 g/mol. The number of rotatable bonds is 6. The highest BCUT2D eigenvalue weighted by Crippen LogP contribution is 2.38. The number of aromatic amines is 2. The van der Waals surface area contributed by atoms with Crippen molar-refractivity contribution < 1.29 is 4.79 Å². The van der Waals surface area contributed by atoms with E-state index in [-0.39, 0.29) is 16.8 Å². The van der Waals surface area contributed by atoms with Crippen LogP contribution in [0, 0.1) is 5.92 Å². The van der Waals surface area contributed by atoms with Crippen molar-refractivity contribution in [2.45, 2.75) is 49.9 Å². The summed E-state index contributed by atoms with van der Waals surface area (Å²) < 4.78 is 1.97. The quantitative estimate of drug-likeness (QED) is 0.354. The Kier molecular flexibility index (Phi) is 5.88. The number of aryl methyl sites for hydroxylation is 1. The number of carbonyl (C=O) groups is 1. The van der Waals surface area contributed by atoms with E-state index in [1.807, 2.05) is 29.9 Å². The number of thiophene rings is 1. The van der Waals surface area contributed by atoms with Crippen LogP contribution in [-0.2, 0) is 24.7 Å². The summed E-state index contributed by atoms with van der Waals surface area (Å²) >= 11 is 3.20. The number of nitrogens with zero attached hydrogens (tertiary/aromatic N) is 3. The Balaban J connectivity index is 1.28. The van der Waals surface area contributed by atoms with Crippen LogP contribution >= 0.6 is 23.1 Å². The number of benzene rings is 1. The van der Waals surface area contributed by atoms with E-state index in [4.69, 9.17) is 0 Å². The second kappa shape index (κ2) is 8.83. The zero-order chi connectivity index (χ0) is 23.1. The minimum absolute atomic E-state index is 0.140. The fourth-order valence-electron chi connectivity index (χ4n) is 4.26. The van der Waals surface area contributed by atoms with Crippen LogP contribution in [0.25, 0.3) is 21.7 Å². The summed E-state index contributed by atoms with van der Waals surface area (Å²) in [5.41, 5.74) is 3.17. The molecule has 8 nitrogen and oxygen atoms in total. The standard InChI is InChI=1S/C23H26N6O2S2/c1-4-13-5-8-18-14(9-13)10-19(33-18)20-27-28-23(29(20)3)32-12(2)21(30)24-15-6-7-16-17(11-15)26-22(31)25-16/h6-7,10-13H,4-5,8-9H2,1-3H3,(H,24,30)(H2,25,26,31)/t12-,13+/m1/s1. The first-order chi connectivity index (χ1) is 15.9. The van der Waals surface area contributed by atoms with Crippen LogP contribution in [0.3, 0.4) is 0 Å². The molecule has 3 N–H and O–H groups in total. The Hall–Kier alpha value is -2.85. The normalized spacial score (nSPS) is 16.6. The summed E-state index contributed by atoms with van der Waals surface area (Å²) in [5, 5.41) is 12.0. The number of anilines is 1. The first kappa shape index (κ1) is 22.0. The monoisotopic (exact) mass is 482 g/mol. The average molecular weight is 483 g/mol. The number of hydrogen-bond donors (Lipinski definition) is 3. The lowest BCUT2D eigenvalue weighted by molar-refractivity contribution is -0.115. The second-order valence-corrected chi connectivity index (χ2v) is 11.0. The lowest BCUT2D eigenvalue weighted by Gasteiger charge is -2.19. The Bertz CT molecular complexity index is 1380. The summed E-state index contributed by atoms with van der Waals surface area (Å²) in [7, 11) is 1.95. The van der Waals surface area contributed by atoms with E-state index in [0.29, 0.717) is 21.9 Å². The fraction of sp³-hybridized carbons (Fsp3) is 0.391. The zero-order valence-electron chi connectivity index (χ0n) is 18.8. The van der Waals surface area contributed by atoms with Crippen LogP contribution in [0.1, 0.15) is 37.1 Å². The van der Waals surface area contributed by atoms with Gasteiger partial charge in [-0.1, -0.05) is 25.1 Å². The maximum atomic E-state index is 12.8. The highest BCUT2D eigenvalue weighted by atomic mass is 32.2. The third kappa shape index (κ3) is 4.37. The lowest BCUT2D eigenvalue weighted by Crippen LogP contribution is -2.22. The molecule has 10 heteroatoms. The third-order valence-corrected chi connectivity index (χ3v) is 8.62. The van der Waals surface area contributed by atoms with Crippen molar-refractivity contribution in [3.8, 4) is 10.7 Å². The number of aromatic nitrogens is 5. The van der Waals surface area contributed by atoms with Gasteiger partial charge in [0.1, 0.15) is 0 Å². The van der Waals surface area contributed by atoms with Crippen LogP contribution in [0.15, 0.2) is 34.2 Å². The molecule has 1 amide bonds. The van der Waals surface area contributed by atoms with E-state index >= 15 is 0 Å². The van der Waals surface area contributed by atoms with Crippen molar-refractivity contribution in [1.29, 1.82) is 0 Å². The van der Waals surface area contributed by atoms with Gasteiger partial charge in [0.2, 0.25) is 5.91 Å². The van der Waals surface area contributed by atoms with E-state index in [1.54, 1.807) is 18.2 Å². The van der Waals surface area contributed by atoms with E-state index in [9.17, 15) is 9.59 Å². The Labute approximate surface area is 199 Å². The van der Waals surface area contributed by atoms with Crippen LogP contribution in [0.4, 0.5) is 5.69 Å². The summed E-state index contributed by atoms with van der Waals surface area (Å²) in [5.74, 6) is 1.49. The van der Waals surface area contributed by atoms with Crippen molar-refractivity contribution in [1.82, 2.24) is 24.7 Å². The summed E-state index contributed by atoms with van der Waals surface area (Å²) in [6.07, 6.45) is 4.80. The maximum absolute atomic E-state index is 12.8. The minimum Gasteiger partial charge on any atom is -0.325 e. The number of amides is 1. The molecule has 172 valence electrons. The van der Waals surface area contributed by atoms with Gasteiger partial charge >= 0.3 is 5.69 Å². The van der Waals surface area contributed by atoms with Crippen LogP contribution in [-0.4, -0.2) is 35.9 Å². The molecule has 0 unspecified atom stereocenters. The largest absolute Gasteiger partial charge is 0.325 e. The SMILES string of the molecule is CC[C@H]1CCc2sc(-c3nnc(S[C@H](C)C(=O)Nc4ccc5[nH]c(=O)[nH]c5c4)n3C)cc2C1. The van der Waals surface area contributed by atoms with Crippen molar-refractivity contribution >= 4 is 45.7 Å². The molecule has 0 radical (unpaired) electrons. The van der Waals surface area contributed by atoms with Crippen molar-refractivity contribution in [2.24, 2.45) is 13.0 Å². The van der Waals surface area contributed by atoms with Gasteiger partial charge in [-0.25, -0.2) is 4.79 Å². The number of thioether (sulfide) groups is 1. The van der Waals surface area contributed by atoms with Gasteiger partial charge in [0.05, 0.1) is 21.2 Å². The maximum Gasteiger partial charge on any atom is 0.323 e. The lowest BCUT2D eigenvalue weighted by atomic mass is 9.87. The summed E-state index contributed by atoms with van der Waals surface area (Å²) in [6, 6.07) is 7.55. The topological polar surface area (TPSA) is 108 Å². The molecule has 2 atom stereocenters. The molecule has 0 aliphatic heterocycles. The van der Waals surface area contributed by atoms with E-state index < -0.39 is 0 Å². The molecule has 0 bridgehead atoms. The second-order valence-electron chi connectivity index (χ2n) is 8.53. The zero-order valence-corrected chi connectivity index (χ0v) is 20.4. The van der Waals surface area contributed by atoms with Crippen molar-refractivity contribution in [3.63, 3.8) is 0 Å². The predicted octanol–water partition coefficient (Wildman–Crippen LogP) is 4.35. The number of hydrogen-bond acceptors (Lipinski definition) is 6. The van der Waals surface area contributed by atoms with Gasteiger partial charge in [0.25, 0.3) is 0 Å². The van der Waals surface area contributed by atoms with E-state index in [2.05, 4.69) is 38.5 Å². The molecule has 1 aromatic carbocycles. The van der Waals surface area contributed by atoms with Gasteiger partial charge in [-0.05, 0) is 61.9 Å². The van der Waals surface area contributed by atoms with Crippen molar-refractivity contribution in [3.05, 3.63) is 45.2 Å². The van der Waals surface area contributed by atoms with Gasteiger partial charge < -0.3 is 19.9 Å². The number of carbonyl (C=O) groups excluding carboxylic acids is 1. The third-order valence-electron chi connectivity index (χ3n) is 6.25. The van der Waals surface area contributed by atoms with Crippen LogP contribution < -0.4 is 11.0 Å². The van der Waals surface area contributed by atoms with Gasteiger partial charge in [-0.15, -0.1) is 21.5 Å². The summed E-state index contributed by atoms with van der Waals surface area (Å²) in [6.45, 7) is 4.12. The first-order valence-corrected chi connectivity index (χ1v) is 12.8. The molecule has 0 saturated heterocycles. The average Bonchev–Trinajstić information content (AvgIpc) is 3.48. The molecule has 1 aliphatic carbocycles.